The number of aliphatic hydroxyl groups is 2. The van der Waals surface area contributed by atoms with Gasteiger partial charge in [0.1, 0.15) is 0 Å². The van der Waals surface area contributed by atoms with Crippen LogP contribution in [0.15, 0.2) is 24.3 Å². The van der Waals surface area contributed by atoms with Gasteiger partial charge < -0.3 is 20.3 Å². The van der Waals surface area contributed by atoms with Crippen LogP contribution in [0.4, 0.5) is 0 Å². The Balaban J connectivity index is 3.43. The molecular weight excluding hydrogens is 947 g/mol. The maximum absolute atomic E-state index is 12.5. The minimum absolute atomic E-state index is 0.000985. The van der Waals surface area contributed by atoms with E-state index < -0.39 is 12.1 Å². The predicted molar refractivity (Wildman–Crippen MR) is 338 cm³/mol. The molecule has 0 radical (unpaired) electrons. The Kier molecular flexibility index (Phi) is 65.4. The zero-order chi connectivity index (χ0) is 55.7. The van der Waals surface area contributed by atoms with Gasteiger partial charge in [-0.1, -0.05) is 327 Å². The van der Waals surface area contributed by atoms with Crippen molar-refractivity contribution in [3.63, 3.8) is 0 Å². The van der Waals surface area contributed by atoms with Crippen LogP contribution in [0.2, 0.25) is 0 Å². The number of amides is 1. The van der Waals surface area contributed by atoms with Crippen molar-refractivity contribution < 1.29 is 24.5 Å². The molecule has 0 bridgehead atoms. The standard InChI is InChI=1S/C71H137NO5/c1-3-5-7-9-11-13-15-17-19-21-23-24-25-26-27-29-31-35-39-43-47-51-55-59-63-69(74)68(67-73)72-70(75)64-60-56-52-48-44-40-36-32-30-34-38-42-46-50-54-58-62-66-77-71(76)65-61-57-53-49-45-41-37-33-28-22-20-18-16-14-12-10-8-6-4-2/h18,20,30,34,68-69,73-74H,3-17,19,21-29,31-33,35-67H2,1-2H3,(H,72,75)/b20-18-,34-30-. The summed E-state index contributed by atoms with van der Waals surface area (Å²) in [5, 5.41) is 23.4. The lowest BCUT2D eigenvalue weighted by atomic mass is 10.0. The van der Waals surface area contributed by atoms with Gasteiger partial charge in [-0.3, -0.25) is 9.59 Å². The topological polar surface area (TPSA) is 95.9 Å². The maximum atomic E-state index is 12.5. The number of allylic oxidation sites excluding steroid dienone is 4. The largest absolute Gasteiger partial charge is 0.466 e. The smallest absolute Gasteiger partial charge is 0.305 e. The lowest BCUT2D eigenvalue weighted by Gasteiger charge is -2.22. The molecule has 0 aromatic rings. The summed E-state index contributed by atoms with van der Waals surface area (Å²) in [5.74, 6) is -0.0435. The molecule has 456 valence electrons. The van der Waals surface area contributed by atoms with Crippen LogP contribution in [0.5, 0.6) is 0 Å². The van der Waals surface area contributed by atoms with E-state index in [4.69, 9.17) is 4.74 Å². The second kappa shape index (κ2) is 66.8. The predicted octanol–water partition coefficient (Wildman–Crippen LogP) is 22.5. The normalized spacial score (nSPS) is 12.6. The molecule has 0 saturated carbocycles. The number of rotatable bonds is 66. The highest BCUT2D eigenvalue weighted by atomic mass is 16.5. The van der Waals surface area contributed by atoms with E-state index in [2.05, 4.69) is 43.5 Å². The van der Waals surface area contributed by atoms with Crippen molar-refractivity contribution in [2.45, 2.75) is 405 Å². The molecule has 0 saturated heterocycles. The van der Waals surface area contributed by atoms with Gasteiger partial charge in [0.25, 0.3) is 0 Å². The highest BCUT2D eigenvalue weighted by Gasteiger charge is 2.20. The lowest BCUT2D eigenvalue weighted by Crippen LogP contribution is -2.45. The first-order chi connectivity index (χ1) is 38.0. The molecule has 6 heteroatoms. The lowest BCUT2D eigenvalue weighted by molar-refractivity contribution is -0.143. The molecule has 2 unspecified atom stereocenters. The number of esters is 1. The number of unbranched alkanes of at least 4 members (excludes halogenated alkanes) is 51. The summed E-state index contributed by atoms with van der Waals surface area (Å²) in [6, 6.07) is -0.552. The first-order valence-corrected chi connectivity index (χ1v) is 35.1. The van der Waals surface area contributed by atoms with E-state index >= 15 is 0 Å². The zero-order valence-electron chi connectivity index (χ0n) is 52.2. The van der Waals surface area contributed by atoms with Gasteiger partial charge in [0.15, 0.2) is 0 Å². The summed E-state index contributed by atoms with van der Waals surface area (Å²) in [5.41, 5.74) is 0. The molecule has 0 fully saturated rings. The molecule has 0 aliphatic carbocycles. The fourth-order valence-electron chi connectivity index (χ4n) is 11.1. The van der Waals surface area contributed by atoms with Crippen LogP contribution in [0.3, 0.4) is 0 Å². The molecule has 6 nitrogen and oxygen atoms in total. The second-order valence-corrected chi connectivity index (χ2v) is 24.2. The molecule has 1 amide bonds. The molecule has 0 aromatic heterocycles. The van der Waals surface area contributed by atoms with Crippen LogP contribution in [-0.2, 0) is 14.3 Å². The summed E-state index contributed by atoms with van der Waals surface area (Å²) in [7, 11) is 0. The third-order valence-corrected chi connectivity index (χ3v) is 16.5. The molecule has 0 aromatic carbocycles. The van der Waals surface area contributed by atoms with Gasteiger partial charge in [0, 0.05) is 12.8 Å². The Bertz CT molecular complexity index is 1200. The van der Waals surface area contributed by atoms with Crippen LogP contribution in [0, 0.1) is 0 Å². The third kappa shape index (κ3) is 63.4. The van der Waals surface area contributed by atoms with Gasteiger partial charge in [0.2, 0.25) is 5.91 Å². The van der Waals surface area contributed by atoms with Crippen LogP contribution in [0.1, 0.15) is 393 Å². The van der Waals surface area contributed by atoms with E-state index in [-0.39, 0.29) is 18.5 Å². The van der Waals surface area contributed by atoms with Crippen LogP contribution in [-0.4, -0.2) is 47.4 Å². The minimum atomic E-state index is -0.674. The molecule has 0 aliphatic rings. The van der Waals surface area contributed by atoms with E-state index in [0.717, 1.165) is 51.4 Å². The average molecular weight is 1080 g/mol. The molecular formula is C71H137NO5. The van der Waals surface area contributed by atoms with E-state index in [1.807, 2.05) is 0 Å². The van der Waals surface area contributed by atoms with Gasteiger partial charge in [0.05, 0.1) is 25.4 Å². The maximum Gasteiger partial charge on any atom is 0.305 e. The first-order valence-electron chi connectivity index (χ1n) is 35.1. The first kappa shape index (κ1) is 75.3. The molecule has 0 aliphatic heterocycles. The van der Waals surface area contributed by atoms with Crippen molar-refractivity contribution in [1.82, 2.24) is 5.32 Å². The Labute approximate surface area is 481 Å². The fraction of sp³-hybridized carbons (Fsp3) is 0.915. The van der Waals surface area contributed by atoms with Gasteiger partial charge in [-0.05, 0) is 77.0 Å². The monoisotopic (exact) mass is 1080 g/mol. The zero-order valence-corrected chi connectivity index (χ0v) is 52.2. The van der Waals surface area contributed by atoms with Crippen molar-refractivity contribution in [1.29, 1.82) is 0 Å². The highest BCUT2D eigenvalue weighted by Crippen LogP contribution is 2.19. The average Bonchev–Trinajstić information content (AvgIpc) is 3.43. The van der Waals surface area contributed by atoms with Crippen molar-refractivity contribution in [2.24, 2.45) is 0 Å². The highest BCUT2D eigenvalue weighted by molar-refractivity contribution is 5.76. The number of hydrogen-bond acceptors (Lipinski definition) is 5. The van der Waals surface area contributed by atoms with Crippen molar-refractivity contribution in [3.05, 3.63) is 24.3 Å². The number of nitrogens with one attached hydrogen (secondary N) is 1. The van der Waals surface area contributed by atoms with E-state index in [0.29, 0.717) is 25.9 Å². The van der Waals surface area contributed by atoms with Crippen LogP contribution in [0.25, 0.3) is 0 Å². The number of hydrogen-bond donors (Lipinski definition) is 3. The Morgan fingerprint density at radius 3 is 0.922 bits per heavy atom. The van der Waals surface area contributed by atoms with Gasteiger partial charge in [-0.2, -0.15) is 0 Å². The van der Waals surface area contributed by atoms with Gasteiger partial charge >= 0.3 is 5.97 Å². The van der Waals surface area contributed by atoms with Crippen molar-refractivity contribution in [2.75, 3.05) is 13.2 Å². The van der Waals surface area contributed by atoms with Gasteiger partial charge in [-0.15, -0.1) is 0 Å². The van der Waals surface area contributed by atoms with E-state index in [1.165, 1.54) is 308 Å². The Morgan fingerprint density at radius 1 is 0.351 bits per heavy atom. The minimum Gasteiger partial charge on any atom is -0.466 e. The molecule has 0 heterocycles. The molecule has 2 atom stereocenters. The number of ether oxygens (including phenoxy) is 1. The summed E-state index contributed by atoms with van der Waals surface area (Å²) >= 11 is 0. The number of carbonyl (C=O) groups is 2. The summed E-state index contributed by atoms with van der Waals surface area (Å²) in [6.45, 7) is 4.97. The summed E-state index contributed by atoms with van der Waals surface area (Å²) in [6.07, 6.45) is 83.5. The van der Waals surface area contributed by atoms with E-state index in [1.54, 1.807) is 0 Å². The molecule has 3 N–H and O–H groups in total. The fourth-order valence-corrected chi connectivity index (χ4v) is 11.1. The SMILES string of the molecule is CCCCCCCC/C=C\CCCCCCCCCCCC(=O)OCCCCCCCC/C=C\CCCCCCCCCC(=O)NC(CO)C(O)CCCCCCCCCCCCCCCCCCCCCCCCCC. The Morgan fingerprint density at radius 2 is 0.610 bits per heavy atom. The third-order valence-electron chi connectivity index (χ3n) is 16.5. The van der Waals surface area contributed by atoms with Crippen molar-refractivity contribution in [3.8, 4) is 0 Å². The van der Waals surface area contributed by atoms with Gasteiger partial charge in [-0.25, -0.2) is 0 Å². The quantitative estimate of drug-likeness (QED) is 0.0320. The Hall–Kier alpha value is -1.66. The van der Waals surface area contributed by atoms with Crippen LogP contribution < -0.4 is 5.32 Å². The van der Waals surface area contributed by atoms with Crippen molar-refractivity contribution >= 4 is 11.9 Å². The molecule has 0 rings (SSSR count). The number of carbonyl (C=O) groups excluding carboxylic acids is 2. The van der Waals surface area contributed by atoms with E-state index in [9.17, 15) is 19.8 Å². The second-order valence-electron chi connectivity index (χ2n) is 24.2. The summed E-state index contributed by atoms with van der Waals surface area (Å²) < 4.78 is 5.50. The number of aliphatic hydroxyl groups excluding tert-OH is 2. The molecule has 0 spiro atoms. The van der Waals surface area contributed by atoms with Crippen LogP contribution >= 0.6 is 0 Å². The molecule has 77 heavy (non-hydrogen) atoms. The summed E-state index contributed by atoms with van der Waals surface area (Å²) in [4.78, 5) is 24.7.